The van der Waals surface area contributed by atoms with Crippen LogP contribution in [0.5, 0.6) is 11.5 Å². The van der Waals surface area contributed by atoms with Gasteiger partial charge in [-0.15, -0.1) is 0 Å². The Labute approximate surface area is 185 Å². The van der Waals surface area contributed by atoms with Crippen LogP contribution >= 0.6 is 0 Å². The molecule has 0 saturated heterocycles. The van der Waals surface area contributed by atoms with E-state index in [1.54, 1.807) is 30.3 Å². The first-order valence-electron chi connectivity index (χ1n) is 10.5. The maximum Gasteiger partial charge on any atom is 0.255 e. The number of hydrogen-bond donors (Lipinski definition) is 1. The van der Waals surface area contributed by atoms with Gasteiger partial charge in [0.05, 0.1) is 12.1 Å². The summed E-state index contributed by atoms with van der Waals surface area (Å²) in [6, 6.07) is 25.8. The van der Waals surface area contributed by atoms with Gasteiger partial charge in [0.2, 0.25) is 0 Å². The Kier molecular flexibility index (Phi) is 5.17. The molecule has 0 radical (unpaired) electrons. The minimum atomic E-state index is -0.424. The summed E-state index contributed by atoms with van der Waals surface area (Å²) in [6.45, 7) is 0. The molecule has 1 N–H and O–H groups in total. The second-order valence-corrected chi connectivity index (χ2v) is 7.86. The van der Waals surface area contributed by atoms with Crippen molar-refractivity contribution in [3.05, 3.63) is 102 Å². The van der Waals surface area contributed by atoms with E-state index in [1.165, 1.54) is 0 Å². The van der Waals surface area contributed by atoms with Gasteiger partial charge in [0.25, 0.3) is 5.91 Å². The number of hydrogen-bond acceptors (Lipinski definition) is 4. The zero-order chi connectivity index (χ0) is 22.1. The number of amides is 1. The predicted octanol–water partition coefficient (Wildman–Crippen LogP) is 5.73. The van der Waals surface area contributed by atoms with E-state index in [0.29, 0.717) is 28.7 Å². The Morgan fingerprint density at radius 2 is 1.62 bits per heavy atom. The minimum absolute atomic E-state index is 0.0826. The molecule has 0 bridgehead atoms. The van der Waals surface area contributed by atoms with Crippen molar-refractivity contribution in [2.24, 2.45) is 0 Å². The lowest BCUT2D eigenvalue weighted by Crippen LogP contribution is -2.28. The van der Waals surface area contributed by atoms with Crippen LogP contribution in [0.2, 0.25) is 0 Å². The highest BCUT2D eigenvalue weighted by Gasteiger charge is 2.20. The van der Waals surface area contributed by atoms with E-state index in [4.69, 9.17) is 4.74 Å². The van der Waals surface area contributed by atoms with Crippen molar-refractivity contribution < 1.29 is 19.5 Å². The molecule has 4 aromatic rings. The number of hydroxylamine groups is 1. The van der Waals surface area contributed by atoms with Crippen molar-refractivity contribution in [2.45, 2.75) is 19.3 Å². The first-order chi connectivity index (χ1) is 15.6. The fourth-order valence-corrected chi connectivity index (χ4v) is 4.10. The Balaban J connectivity index is 1.29. The second kappa shape index (κ2) is 8.29. The van der Waals surface area contributed by atoms with Crippen molar-refractivity contribution >= 4 is 28.2 Å². The molecule has 0 heterocycles. The molecule has 0 fully saturated rings. The zero-order valence-electron chi connectivity index (χ0n) is 17.3. The van der Waals surface area contributed by atoms with E-state index in [0.717, 1.165) is 33.9 Å². The number of rotatable bonds is 5. The third-order valence-electron chi connectivity index (χ3n) is 5.78. The normalized spacial score (nSPS) is 12.6. The SMILES string of the molecule is O=C1CCc2ccc(Oc3ccc(N(O)C(=O)Cc4cccc5ccccc45)cc3)cc21. The van der Waals surface area contributed by atoms with Gasteiger partial charge in [0.1, 0.15) is 11.5 Å². The monoisotopic (exact) mass is 423 g/mol. The lowest BCUT2D eigenvalue weighted by atomic mass is 10.0. The summed E-state index contributed by atoms with van der Waals surface area (Å²) in [5, 5.41) is 13.2. The molecular formula is C27H21NO4. The molecule has 4 aromatic carbocycles. The number of ether oxygens (including phenoxy) is 1. The standard InChI is InChI=1S/C27H21NO4/c29-26-15-9-19-8-12-23(17-25(19)26)32-22-13-10-21(11-14-22)28(31)27(30)16-20-6-3-5-18-4-1-2-7-24(18)20/h1-8,10-14,17,31H,9,15-16H2. The number of carbonyl (C=O) groups is 2. The molecule has 0 atom stereocenters. The van der Waals surface area contributed by atoms with Crippen LogP contribution in [0.25, 0.3) is 10.8 Å². The predicted molar refractivity (Wildman–Crippen MR) is 123 cm³/mol. The van der Waals surface area contributed by atoms with Gasteiger partial charge in [-0.3, -0.25) is 14.8 Å². The first kappa shape index (κ1) is 20.0. The van der Waals surface area contributed by atoms with Gasteiger partial charge in [-0.2, -0.15) is 5.06 Å². The van der Waals surface area contributed by atoms with Crippen LogP contribution < -0.4 is 9.80 Å². The van der Waals surface area contributed by atoms with Crippen LogP contribution in [0.3, 0.4) is 0 Å². The van der Waals surface area contributed by atoms with Crippen LogP contribution in [0.15, 0.2) is 84.9 Å². The number of anilines is 1. The number of fused-ring (bicyclic) bond motifs is 2. The van der Waals surface area contributed by atoms with Gasteiger partial charge in [-0.1, -0.05) is 48.5 Å². The van der Waals surface area contributed by atoms with Crippen molar-refractivity contribution in [1.82, 2.24) is 0 Å². The number of aryl methyl sites for hydroxylation is 1. The van der Waals surface area contributed by atoms with Crippen LogP contribution in [-0.4, -0.2) is 16.9 Å². The Hall–Kier alpha value is -3.96. The highest BCUT2D eigenvalue weighted by atomic mass is 16.5. The summed E-state index contributed by atoms with van der Waals surface area (Å²) < 4.78 is 5.85. The number of carbonyl (C=O) groups excluding carboxylic acids is 2. The molecule has 0 spiro atoms. The number of Topliss-reactive ketones (excluding diaryl/α,β-unsaturated/α-hetero) is 1. The van der Waals surface area contributed by atoms with Gasteiger partial charge in [-0.25, -0.2) is 0 Å². The van der Waals surface area contributed by atoms with Crippen LogP contribution in [-0.2, 0) is 17.6 Å². The molecule has 158 valence electrons. The van der Waals surface area contributed by atoms with Crippen LogP contribution in [0.1, 0.15) is 27.9 Å². The van der Waals surface area contributed by atoms with Crippen LogP contribution in [0, 0.1) is 0 Å². The van der Waals surface area contributed by atoms with E-state index in [1.807, 2.05) is 54.6 Å². The lowest BCUT2D eigenvalue weighted by molar-refractivity contribution is -0.122. The van der Waals surface area contributed by atoms with Crippen LogP contribution in [0.4, 0.5) is 5.69 Å². The number of nitrogens with zero attached hydrogens (tertiary/aromatic N) is 1. The molecule has 32 heavy (non-hydrogen) atoms. The summed E-state index contributed by atoms with van der Waals surface area (Å²) in [5.41, 5.74) is 2.99. The lowest BCUT2D eigenvalue weighted by Gasteiger charge is -2.16. The maximum atomic E-state index is 12.7. The van der Waals surface area contributed by atoms with Gasteiger partial charge in [0.15, 0.2) is 5.78 Å². The zero-order valence-corrected chi connectivity index (χ0v) is 17.3. The van der Waals surface area contributed by atoms with Gasteiger partial charge in [0, 0.05) is 12.0 Å². The maximum absolute atomic E-state index is 12.7. The molecule has 5 nitrogen and oxygen atoms in total. The summed E-state index contributed by atoms with van der Waals surface area (Å²) in [5.74, 6) is 0.849. The minimum Gasteiger partial charge on any atom is -0.457 e. The molecule has 5 rings (SSSR count). The van der Waals surface area contributed by atoms with E-state index in [9.17, 15) is 14.8 Å². The average molecular weight is 423 g/mol. The fourth-order valence-electron chi connectivity index (χ4n) is 4.10. The molecule has 5 heteroatoms. The molecule has 1 amide bonds. The highest BCUT2D eigenvalue weighted by Crippen LogP contribution is 2.30. The van der Waals surface area contributed by atoms with Crippen molar-refractivity contribution in [1.29, 1.82) is 0 Å². The molecule has 0 aromatic heterocycles. The van der Waals surface area contributed by atoms with E-state index < -0.39 is 5.91 Å². The molecule has 0 saturated carbocycles. The van der Waals surface area contributed by atoms with Crippen molar-refractivity contribution in [3.63, 3.8) is 0 Å². The molecule has 1 aliphatic rings. The first-order valence-corrected chi connectivity index (χ1v) is 10.5. The Morgan fingerprint density at radius 1 is 0.875 bits per heavy atom. The molecule has 1 aliphatic carbocycles. The molecule has 0 unspecified atom stereocenters. The van der Waals surface area contributed by atoms with Crippen molar-refractivity contribution in [3.8, 4) is 11.5 Å². The average Bonchev–Trinajstić information content (AvgIpc) is 3.19. The number of ketones is 1. The van der Waals surface area contributed by atoms with Gasteiger partial charge < -0.3 is 4.74 Å². The van der Waals surface area contributed by atoms with Gasteiger partial charge in [-0.05, 0) is 64.7 Å². The van der Waals surface area contributed by atoms with Gasteiger partial charge >= 0.3 is 0 Å². The van der Waals surface area contributed by atoms with E-state index >= 15 is 0 Å². The van der Waals surface area contributed by atoms with E-state index in [2.05, 4.69) is 0 Å². The third-order valence-corrected chi connectivity index (χ3v) is 5.78. The Bertz CT molecular complexity index is 1320. The Morgan fingerprint density at radius 3 is 2.47 bits per heavy atom. The largest absolute Gasteiger partial charge is 0.457 e. The molecular weight excluding hydrogens is 402 g/mol. The summed E-state index contributed by atoms with van der Waals surface area (Å²) in [6.07, 6.45) is 1.41. The quantitative estimate of drug-likeness (QED) is 0.329. The van der Waals surface area contributed by atoms with Crippen molar-refractivity contribution in [2.75, 3.05) is 5.06 Å². The summed E-state index contributed by atoms with van der Waals surface area (Å²) >= 11 is 0. The fraction of sp³-hybridized carbons (Fsp3) is 0.111. The topological polar surface area (TPSA) is 66.8 Å². The highest BCUT2D eigenvalue weighted by molar-refractivity contribution is 6.00. The van der Waals surface area contributed by atoms with E-state index in [-0.39, 0.29) is 12.2 Å². The second-order valence-electron chi connectivity index (χ2n) is 7.86. The summed E-state index contributed by atoms with van der Waals surface area (Å²) in [7, 11) is 0. The molecule has 0 aliphatic heterocycles. The number of benzene rings is 4. The smallest absolute Gasteiger partial charge is 0.255 e. The third kappa shape index (κ3) is 3.86. The summed E-state index contributed by atoms with van der Waals surface area (Å²) in [4.78, 5) is 24.6.